The fourth-order valence-electron chi connectivity index (χ4n) is 4.89. The first kappa shape index (κ1) is 32.2. The molecule has 0 unspecified atom stereocenters. The van der Waals surface area contributed by atoms with Crippen LogP contribution in [-0.4, -0.2) is 74.2 Å². The lowest BCUT2D eigenvalue weighted by atomic mass is 10.0. The maximum atomic E-state index is 13.8. The van der Waals surface area contributed by atoms with Crippen LogP contribution in [0.2, 0.25) is 0 Å². The fourth-order valence-corrected chi connectivity index (χ4v) is 7.82. The number of halogens is 1. The van der Waals surface area contributed by atoms with Crippen LogP contribution in [0.5, 0.6) is 0 Å². The fraction of sp³-hybridized carbons (Fsp3) is 0.552. The predicted octanol–water partition coefficient (Wildman–Crippen LogP) is 4.40. The summed E-state index contributed by atoms with van der Waals surface area (Å²) in [6.45, 7) is 8.56. The van der Waals surface area contributed by atoms with E-state index in [0.717, 1.165) is 23.3 Å². The van der Waals surface area contributed by atoms with Crippen LogP contribution in [0, 0.1) is 18.7 Å². The molecule has 1 heterocycles. The van der Waals surface area contributed by atoms with E-state index in [2.05, 4.69) is 0 Å². The Bertz CT molecular complexity index is 1340. The Hall–Kier alpha value is -2.34. The Balaban J connectivity index is 1.83. The minimum atomic E-state index is -3.80. The van der Waals surface area contributed by atoms with Crippen LogP contribution >= 0.6 is 0 Å². The lowest BCUT2D eigenvalue weighted by Gasteiger charge is -2.39. The molecule has 1 aliphatic heterocycles. The summed E-state index contributed by atoms with van der Waals surface area (Å²) in [7, 11) is -7.40. The molecule has 0 atom stereocenters. The highest BCUT2D eigenvalue weighted by molar-refractivity contribution is 7.89. The minimum Gasteiger partial charge on any atom is -0.334 e. The summed E-state index contributed by atoms with van der Waals surface area (Å²) in [6.07, 6.45) is 1.92. The molecule has 2 aromatic carbocycles. The number of carbonyl (C=O) groups is 1. The molecule has 1 aliphatic rings. The Morgan fingerprint density at radius 2 is 1.65 bits per heavy atom. The lowest BCUT2D eigenvalue weighted by Crippen LogP contribution is -2.51. The van der Waals surface area contributed by atoms with Crippen LogP contribution in [0.1, 0.15) is 57.6 Å². The molecule has 11 heteroatoms. The number of nitrogens with zero attached hydrogens (tertiary/aromatic N) is 3. The van der Waals surface area contributed by atoms with Crippen molar-refractivity contribution in [3.63, 3.8) is 0 Å². The summed E-state index contributed by atoms with van der Waals surface area (Å²) in [6, 6.07) is 12.3. The van der Waals surface area contributed by atoms with E-state index >= 15 is 0 Å². The number of aryl methyl sites for hydroxylation is 1. The summed E-state index contributed by atoms with van der Waals surface area (Å²) in [5, 5.41) is 0. The standard InChI is InChI=1S/C29H42FN3O5S2/c1-5-20-39(35,36)32(17-14-23(2)3)22-29(34)33(21-25-9-7-6-8-24(25)4)27-15-18-31(19-16-27)40(37,38)28-12-10-26(30)11-13-28/h6-13,23,27H,5,14-22H2,1-4H3. The van der Waals surface area contributed by atoms with Gasteiger partial charge in [-0.05, 0) is 73.9 Å². The van der Waals surface area contributed by atoms with Crippen LogP contribution in [0.25, 0.3) is 0 Å². The third-order valence-electron chi connectivity index (χ3n) is 7.36. The molecule has 222 valence electrons. The van der Waals surface area contributed by atoms with Crippen molar-refractivity contribution in [1.82, 2.24) is 13.5 Å². The van der Waals surface area contributed by atoms with E-state index in [-0.39, 0.29) is 54.7 Å². The van der Waals surface area contributed by atoms with Gasteiger partial charge in [-0.2, -0.15) is 8.61 Å². The van der Waals surface area contributed by atoms with E-state index in [4.69, 9.17) is 0 Å². The van der Waals surface area contributed by atoms with Gasteiger partial charge >= 0.3 is 0 Å². The number of benzene rings is 2. The van der Waals surface area contributed by atoms with E-state index in [1.54, 1.807) is 11.8 Å². The van der Waals surface area contributed by atoms with Gasteiger partial charge in [0.25, 0.3) is 0 Å². The minimum absolute atomic E-state index is 0.0181. The molecule has 0 aromatic heterocycles. The first-order valence-electron chi connectivity index (χ1n) is 13.9. The molecule has 0 N–H and O–H groups in total. The van der Waals surface area contributed by atoms with Crippen molar-refractivity contribution in [3.05, 3.63) is 65.5 Å². The van der Waals surface area contributed by atoms with Gasteiger partial charge in [0.1, 0.15) is 5.82 Å². The number of carbonyl (C=O) groups excluding carboxylic acids is 1. The highest BCUT2D eigenvalue weighted by Crippen LogP contribution is 2.26. The van der Waals surface area contributed by atoms with Crippen molar-refractivity contribution in [1.29, 1.82) is 0 Å². The number of amides is 1. The topological polar surface area (TPSA) is 95.1 Å². The van der Waals surface area contributed by atoms with Gasteiger partial charge in [0.2, 0.25) is 26.0 Å². The average Bonchev–Trinajstić information content (AvgIpc) is 2.90. The number of hydrogen-bond acceptors (Lipinski definition) is 5. The molecule has 1 saturated heterocycles. The zero-order valence-electron chi connectivity index (χ0n) is 23.9. The van der Waals surface area contributed by atoms with Gasteiger partial charge in [-0.1, -0.05) is 45.0 Å². The van der Waals surface area contributed by atoms with Crippen molar-refractivity contribution in [2.75, 3.05) is 31.9 Å². The van der Waals surface area contributed by atoms with Crippen LogP contribution in [0.3, 0.4) is 0 Å². The molecule has 40 heavy (non-hydrogen) atoms. The van der Waals surface area contributed by atoms with Crippen LogP contribution in [0.4, 0.5) is 4.39 Å². The zero-order valence-corrected chi connectivity index (χ0v) is 25.6. The second-order valence-corrected chi connectivity index (χ2v) is 14.9. The molecule has 3 rings (SSSR count). The number of rotatable bonds is 13. The van der Waals surface area contributed by atoms with Gasteiger partial charge in [0.05, 0.1) is 17.2 Å². The molecule has 0 spiro atoms. The highest BCUT2D eigenvalue weighted by atomic mass is 32.2. The number of piperidine rings is 1. The van der Waals surface area contributed by atoms with Crippen molar-refractivity contribution in [3.8, 4) is 0 Å². The van der Waals surface area contributed by atoms with Gasteiger partial charge in [0.15, 0.2) is 0 Å². The van der Waals surface area contributed by atoms with E-state index in [9.17, 15) is 26.0 Å². The van der Waals surface area contributed by atoms with Crippen LogP contribution in [0.15, 0.2) is 53.4 Å². The summed E-state index contributed by atoms with van der Waals surface area (Å²) < 4.78 is 68.4. The second kappa shape index (κ2) is 14.0. The molecule has 0 bridgehead atoms. The van der Waals surface area contributed by atoms with E-state index in [1.165, 1.54) is 20.7 Å². The second-order valence-electron chi connectivity index (χ2n) is 10.9. The number of sulfonamides is 2. The van der Waals surface area contributed by atoms with Crippen molar-refractivity contribution in [2.45, 2.75) is 70.9 Å². The summed E-state index contributed by atoms with van der Waals surface area (Å²) in [5.41, 5.74) is 1.98. The van der Waals surface area contributed by atoms with Crippen LogP contribution < -0.4 is 0 Å². The molecule has 0 radical (unpaired) electrons. The average molecular weight is 596 g/mol. The molecule has 0 aliphatic carbocycles. The maximum absolute atomic E-state index is 13.8. The molecule has 1 amide bonds. The monoisotopic (exact) mass is 595 g/mol. The smallest absolute Gasteiger partial charge is 0.243 e. The Morgan fingerprint density at radius 1 is 1.02 bits per heavy atom. The van der Waals surface area contributed by atoms with Gasteiger partial charge in [-0.15, -0.1) is 0 Å². The molecule has 1 fully saturated rings. The Morgan fingerprint density at radius 3 is 2.23 bits per heavy atom. The first-order valence-corrected chi connectivity index (χ1v) is 17.0. The van der Waals surface area contributed by atoms with Gasteiger partial charge in [-0.25, -0.2) is 21.2 Å². The van der Waals surface area contributed by atoms with E-state index in [1.807, 2.05) is 45.0 Å². The van der Waals surface area contributed by atoms with Crippen molar-refractivity contribution < 1.29 is 26.0 Å². The molecular weight excluding hydrogens is 553 g/mol. The maximum Gasteiger partial charge on any atom is 0.243 e. The lowest BCUT2D eigenvalue weighted by molar-refractivity contribution is -0.135. The largest absolute Gasteiger partial charge is 0.334 e. The molecule has 2 aromatic rings. The highest BCUT2D eigenvalue weighted by Gasteiger charge is 2.35. The molecular formula is C29H42FN3O5S2. The van der Waals surface area contributed by atoms with E-state index in [0.29, 0.717) is 32.2 Å². The summed E-state index contributed by atoms with van der Waals surface area (Å²) in [4.78, 5) is 15.6. The third-order valence-corrected chi connectivity index (χ3v) is 11.3. The summed E-state index contributed by atoms with van der Waals surface area (Å²) >= 11 is 0. The van der Waals surface area contributed by atoms with Crippen molar-refractivity contribution in [2.24, 2.45) is 5.92 Å². The van der Waals surface area contributed by atoms with Crippen LogP contribution in [-0.2, 0) is 31.4 Å². The quantitative estimate of drug-likeness (QED) is 0.342. The number of hydrogen-bond donors (Lipinski definition) is 0. The van der Waals surface area contributed by atoms with E-state index < -0.39 is 25.9 Å². The normalized spacial score (nSPS) is 15.6. The molecule has 0 saturated carbocycles. The summed E-state index contributed by atoms with van der Waals surface area (Å²) in [5.74, 6) is -0.529. The Labute approximate surface area is 239 Å². The Kier molecular flexibility index (Phi) is 11.3. The SMILES string of the molecule is CCCS(=O)(=O)N(CCC(C)C)CC(=O)N(Cc1ccccc1C)C1CCN(S(=O)(=O)c2ccc(F)cc2)CC1. The predicted molar refractivity (Wildman–Crippen MR) is 155 cm³/mol. The molecule has 8 nitrogen and oxygen atoms in total. The zero-order chi connectivity index (χ0) is 29.5. The van der Waals surface area contributed by atoms with Gasteiger partial charge in [0, 0.05) is 32.2 Å². The van der Waals surface area contributed by atoms with Crippen molar-refractivity contribution >= 4 is 26.0 Å². The first-order chi connectivity index (χ1) is 18.8. The third kappa shape index (κ3) is 8.34. The van der Waals surface area contributed by atoms with Gasteiger partial charge < -0.3 is 4.90 Å². The van der Waals surface area contributed by atoms with Gasteiger partial charge in [-0.3, -0.25) is 4.79 Å².